The summed E-state index contributed by atoms with van der Waals surface area (Å²) in [5.41, 5.74) is 4.26. The van der Waals surface area contributed by atoms with E-state index in [2.05, 4.69) is 4.98 Å². The minimum absolute atomic E-state index is 0.132. The second-order valence-corrected chi connectivity index (χ2v) is 2.61. The first kappa shape index (κ1) is 9.83. The third-order valence-electron chi connectivity index (χ3n) is 1.72. The molecular formula is C8H9F3N2. The molecule has 0 aliphatic heterocycles. The maximum atomic E-state index is 12.4. The van der Waals surface area contributed by atoms with Crippen LogP contribution in [-0.4, -0.2) is 4.98 Å². The monoisotopic (exact) mass is 190 g/mol. The largest absolute Gasteiger partial charge is 0.418 e. The molecule has 1 aromatic heterocycles. The molecule has 0 unspecified atom stereocenters. The Kier molecular flexibility index (Phi) is 2.45. The minimum atomic E-state index is -4.39. The molecule has 0 aromatic carbocycles. The third kappa shape index (κ3) is 1.91. The fraction of sp³-hybridized carbons (Fsp3) is 0.375. The van der Waals surface area contributed by atoms with Gasteiger partial charge < -0.3 is 5.73 Å². The number of nitrogens with zero attached hydrogens (tertiary/aromatic N) is 1. The number of aryl methyl sites for hydroxylation is 1. The van der Waals surface area contributed by atoms with Gasteiger partial charge in [0.1, 0.15) is 0 Å². The summed E-state index contributed by atoms with van der Waals surface area (Å²) in [6.07, 6.45) is -1.91. The standard InChI is InChI=1S/C8H9F3N2/c1-2-5-3-13-4-6(12)7(5)8(9,10)11/h3-4H,2,12H2,1H3. The van der Waals surface area contributed by atoms with E-state index in [0.717, 1.165) is 6.20 Å². The molecule has 0 fully saturated rings. The van der Waals surface area contributed by atoms with Gasteiger partial charge in [0.2, 0.25) is 0 Å². The lowest BCUT2D eigenvalue weighted by Crippen LogP contribution is -2.12. The van der Waals surface area contributed by atoms with Crippen LogP contribution in [0.1, 0.15) is 18.1 Å². The predicted octanol–water partition coefficient (Wildman–Crippen LogP) is 2.25. The normalized spacial score (nSPS) is 11.7. The summed E-state index contributed by atoms with van der Waals surface area (Å²) in [6.45, 7) is 1.63. The molecule has 1 heterocycles. The molecule has 0 saturated carbocycles. The van der Waals surface area contributed by atoms with Crippen molar-refractivity contribution in [1.82, 2.24) is 4.98 Å². The van der Waals surface area contributed by atoms with Crippen molar-refractivity contribution < 1.29 is 13.2 Å². The van der Waals surface area contributed by atoms with Gasteiger partial charge in [0.15, 0.2) is 0 Å². The Morgan fingerprint density at radius 2 is 2.00 bits per heavy atom. The molecule has 1 rings (SSSR count). The van der Waals surface area contributed by atoms with Gasteiger partial charge in [-0.2, -0.15) is 13.2 Å². The summed E-state index contributed by atoms with van der Waals surface area (Å²) < 4.78 is 37.2. The fourth-order valence-corrected chi connectivity index (χ4v) is 1.14. The molecule has 1 aromatic rings. The maximum absolute atomic E-state index is 12.4. The van der Waals surface area contributed by atoms with Crippen LogP contribution in [0.5, 0.6) is 0 Å². The first-order chi connectivity index (χ1) is 5.96. The van der Waals surface area contributed by atoms with Crippen LogP contribution in [0.2, 0.25) is 0 Å². The second kappa shape index (κ2) is 3.24. The van der Waals surface area contributed by atoms with E-state index in [4.69, 9.17) is 5.73 Å². The van der Waals surface area contributed by atoms with Gasteiger partial charge in [0, 0.05) is 6.20 Å². The molecular weight excluding hydrogens is 181 g/mol. The summed E-state index contributed by atoms with van der Waals surface area (Å²) in [5.74, 6) is 0. The molecule has 2 nitrogen and oxygen atoms in total. The average molecular weight is 190 g/mol. The van der Waals surface area contributed by atoms with Crippen LogP contribution in [-0.2, 0) is 12.6 Å². The van der Waals surface area contributed by atoms with Crippen molar-refractivity contribution >= 4 is 5.69 Å². The van der Waals surface area contributed by atoms with Gasteiger partial charge in [0.25, 0.3) is 0 Å². The van der Waals surface area contributed by atoms with E-state index < -0.39 is 11.7 Å². The van der Waals surface area contributed by atoms with Crippen LogP contribution in [0.3, 0.4) is 0 Å². The Bertz CT molecular complexity index is 307. The van der Waals surface area contributed by atoms with E-state index >= 15 is 0 Å². The lowest BCUT2D eigenvalue weighted by atomic mass is 10.1. The van der Waals surface area contributed by atoms with Crippen LogP contribution in [0.25, 0.3) is 0 Å². The Balaban J connectivity index is 3.32. The Morgan fingerprint density at radius 1 is 1.38 bits per heavy atom. The SMILES string of the molecule is CCc1cncc(N)c1C(F)(F)F. The lowest BCUT2D eigenvalue weighted by molar-refractivity contribution is -0.137. The van der Waals surface area contributed by atoms with E-state index in [1.54, 1.807) is 6.92 Å². The number of aromatic nitrogens is 1. The number of nitrogens with two attached hydrogens (primary N) is 1. The molecule has 0 aliphatic carbocycles. The third-order valence-corrected chi connectivity index (χ3v) is 1.72. The molecule has 0 amide bonds. The van der Waals surface area contributed by atoms with Gasteiger partial charge >= 0.3 is 6.18 Å². The second-order valence-electron chi connectivity index (χ2n) is 2.61. The summed E-state index contributed by atoms with van der Waals surface area (Å²) in [7, 11) is 0. The molecule has 13 heavy (non-hydrogen) atoms. The van der Waals surface area contributed by atoms with E-state index in [9.17, 15) is 13.2 Å². The summed E-state index contributed by atoms with van der Waals surface area (Å²) in [6, 6.07) is 0. The van der Waals surface area contributed by atoms with Crippen molar-refractivity contribution in [1.29, 1.82) is 0 Å². The van der Waals surface area contributed by atoms with E-state index in [1.165, 1.54) is 6.20 Å². The van der Waals surface area contributed by atoms with Crippen LogP contribution < -0.4 is 5.73 Å². The Morgan fingerprint density at radius 3 is 2.38 bits per heavy atom. The van der Waals surface area contributed by atoms with Gasteiger partial charge in [-0.05, 0) is 12.0 Å². The van der Waals surface area contributed by atoms with Gasteiger partial charge in [-0.1, -0.05) is 6.92 Å². The topological polar surface area (TPSA) is 38.9 Å². The fourth-order valence-electron chi connectivity index (χ4n) is 1.14. The zero-order valence-electron chi connectivity index (χ0n) is 7.02. The molecule has 0 radical (unpaired) electrons. The lowest BCUT2D eigenvalue weighted by Gasteiger charge is -2.12. The number of hydrogen-bond acceptors (Lipinski definition) is 2. The summed E-state index contributed by atoms with van der Waals surface area (Å²) in [5, 5.41) is 0. The quantitative estimate of drug-likeness (QED) is 0.737. The van der Waals surface area contributed by atoms with Gasteiger partial charge in [-0.15, -0.1) is 0 Å². The number of rotatable bonds is 1. The Labute approximate surface area is 73.6 Å². The molecule has 0 aliphatic rings. The molecule has 0 spiro atoms. The molecule has 0 bridgehead atoms. The molecule has 5 heteroatoms. The number of anilines is 1. The van der Waals surface area contributed by atoms with Crippen LogP contribution in [0.4, 0.5) is 18.9 Å². The van der Waals surface area contributed by atoms with Crippen molar-refractivity contribution in [2.75, 3.05) is 5.73 Å². The van der Waals surface area contributed by atoms with Crippen LogP contribution >= 0.6 is 0 Å². The minimum Gasteiger partial charge on any atom is -0.397 e. The molecule has 0 saturated heterocycles. The van der Waals surface area contributed by atoms with Gasteiger partial charge in [-0.3, -0.25) is 4.98 Å². The first-order valence-corrected chi connectivity index (χ1v) is 3.76. The van der Waals surface area contributed by atoms with Crippen molar-refractivity contribution in [3.8, 4) is 0 Å². The van der Waals surface area contributed by atoms with Crippen LogP contribution in [0, 0.1) is 0 Å². The highest BCUT2D eigenvalue weighted by Crippen LogP contribution is 2.35. The van der Waals surface area contributed by atoms with E-state index in [0.29, 0.717) is 0 Å². The van der Waals surface area contributed by atoms with E-state index in [-0.39, 0.29) is 17.7 Å². The zero-order valence-corrected chi connectivity index (χ0v) is 7.02. The maximum Gasteiger partial charge on any atom is 0.418 e. The number of hydrogen-bond donors (Lipinski definition) is 1. The smallest absolute Gasteiger partial charge is 0.397 e. The van der Waals surface area contributed by atoms with Crippen molar-refractivity contribution in [3.05, 3.63) is 23.5 Å². The Hall–Kier alpha value is -1.26. The zero-order chi connectivity index (χ0) is 10.1. The van der Waals surface area contributed by atoms with E-state index in [1.807, 2.05) is 0 Å². The van der Waals surface area contributed by atoms with Gasteiger partial charge in [-0.25, -0.2) is 0 Å². The van der Waals surface area contributed by atoms with Crippen LogP contribution in [0.15, 0.2) is 12.4 Å². The highest BCUT2D eigenvalue weighted by molar-refractivity contribution is 5.50. The predicted molar refractivity (Wildman–Crippen MR) is 43.0 cm³/mol. The number of halogens is 3. The molecule has 0 atom stereocenters. The number of nitrogen functional groups attached to an aromatic ring is 1. The molecule has 2 N–H and O–H groups in total. The highest BCUT2D eigenvalue weighted by atomic mass is 19.4. The first-order valence-electron chi connectivity index (χ1n) is 3.76. The molecule has 72 valence electrons. The number of pyridine rings is 1. The summed E-state index contributed by atoms with van der Waals surface area (Å²) >= 11 is 0. The summed E-state index contributed by atoms with van der Waals surface area (Å²) in [4.78, 5) is 3.60. The van der Waals surface area contributed by atoms with Crippen molar-refractivity contribution in [3.63, 3.8) is 0 Å². The number of alkyl halides is 3. The van der Waals surface area contributed by atoms with Gasteiger partial charge in [0.05, 0.1) is 17.4 Å². The average Bonchev–Trinajstić information content (AvgIpc) is 2.01. The van der Waals surface area contributed by atoms with Crippen molar-refractivity contribution in [2.24, 2.45) is 0 Å². The highest BCUT2D eigenvalue weighted by Gasteiger charge is 2.35. The van der Waals surface area contributed by atoms with Crippen molar-refractivity contribution in [2.45, 2.75) is 19.5 Å².